The van der Waals surface area contributed by atoms with E-state index in [0.717, 1.165) is 18.4 Å². The van der Waals surface area contributed by atoms with Gasteiger partial charge < -0.3 is 0 Å². The number of rotatable bonds is 0. The van der Waals surface area contributed by atoms with Crippen LogP contribution in [0.15, 0.2) is 41.6 Å². The van der Waals surface area contributed by atoms with Crippen molar-refractivity contribution in [3.05, 3.63) is 52.9 Å². The van der Waals surface area contributed by atoms with Crippen LogP contribution in [-0.4, -0.2) is 16.6 Å². The second-order valence-corrected chi connectivity index (χ2v) is 5.06. The van der Waals surface area contributed by atoms with E-state index < -0.39 is 0 Å². The van der Waals surface area contributed by atoms with Gasteiger partial charge in [0.05, 0.1) is 5.56 Å². The number of carbonyl (C=O) groups is 2. The quantitative estimate of drug-likeness (QED) is 0.651. The van der Waals surface area contributed by atoms with Crippen LogP contribution in [0.2, 0.25) is 0 Å². The molecule has 1 aromatic rings. The van der Waals surface area contributed by atoms with E-state index in [-0.39, 0.29) is 23.4 Å². The molecule has 4 aliphatic carbocycles. The summed E-state index contributed by atoms with van der Waals surface area (Å²) in [4.78, 5) is 29.1. The maximum absolute atomic E-state index is 12.5. The standard InChI is InChI=1S/C15H11NO2/c17-14-10-2-1-7-16-13(10)15(18)12-9-5-3-8(4-6-9)11(12)14/h1-3,5,7-9H,4,6H2. The predicted octanol–water partition coefficient (Wildman–Crippen LogP) is 2.35. The molecule has 0 saturated heterocycles. The third-order valence-electron chi connectivity index (χ3n) is 4.15. The first kappa shape index (κ1) is 9.95. The molecule has 0 radical (unpaired) electrons. The molecular weight excluding hydrogens is 226 g/mol. The Bertz CT molecular complexity index is 599. The van der Waals surface area contributed by atoms with Gasteiger partial charge in [0.1, 0.15) is 5.69 Å². The highest BCUT2D eigenvalue weighted by Crippen LogP contribution is 2.45. The van der Waals surface area contributed by atoms with Crippen molar-refractivity contribution in [3.63, 3.8) is 0 Å². The molecule has 3 heteroatoms. The molecular formula is C15H11NO2. The van der Waals surface area contributed by atoms with E-state index in [9.17, 15) is 9.59 Å². The van der Waals surface area contributed by atoms with Crippen molar-refractivity contribution in [1.29, 1.82) is 0 Å². The van der Waals surface area contributed by atoms with Crippen LogP contribution >= 0.6 is 0 Å². The van der Waals surface area contributed by atoms with E-state index in [4.69, 9.17) is 0 Å². The van der Waals surface area contributed by atoms with Crippen molar-refractivity contribution in [2.24, 2.45) is 11.8 Å². The Morgan fingerprint density at radius 3 is 2.33 bits per heavy atom. The summed E-state index contributed by atoms with van der Waals surface area (Å²) in [6.07, 6.45) is 7.69. The van der Waals surface area contributed by atoms with Crippen molar-refractivity contribution in [2.45, 2.75) is 12.8 Å². The number of aromatic nitrogens is 1. The van der Waals surface area contributed by atoms with Gasteiger partial charge in [0.15, 0.2) is 5.78 Å². The lowest BCUT2D eigenvalue weighted by molar-refractivity contribution is 0.0945. The van der Waals surface area contributed by atoms with Crippen molar-refractivity contribution in [1.82, 2.24) is 4.98 Å². The first-order valence-corrected chi connectivity index (χ1v) is 6.24. The Morgan fingerprint density at radius 1 is 1.00 bits per heavy atom. The third-order valence-corrected chi connectivity index (χ3v) is 4.15. The van der Waals surface area contributed by atoms with Gasteiger partial charge in [-0.05, 0) is 25.0 Å². The second kappa shape index (κ2) is 3.25. The molecule has 0 amide bonds. The molecule has 1 aromatic heterocycles. The largest absolute Gasteiger partial charge is 0.289 e. The normalized spacial score (nSPS) is 28.4. The first-order chi connectivity index (χ1) is 8.77. The molecule has 88 valence electrons. The molecule has 0 aliphatic heterocycles. The Hall–Kier alpha value is -2.03. The number of hydrogen-bond acceptors (Lipinski definition) is 3. The highest BCUT2D eigenvalue weighted by Gasteiger charge is 2.43. The molecule has 0 N–H and O–H groups in total. The van der Waals surface area contributed by atoms with Crippen LogP contribution in [0.1, 0.15) is 33.7 Å². The molecule has 1 heterocycles. The highest BCUT2D eigenvalue weighted by atomic mass is 16.1. The van der Waals surface area contributed by atoms with E-state index in [1.807, 2.05) is 0 Å². The third kappa shape index (κ3) is 1.07. The predicted molar refractivity (Wildman–Crippen MR) is 65.3 cm³/mol. The van der Waals surface area contributed by atoms with Crippen LogP contribution in [0.25, 0.3) is 0 Å². The van der Waals surface area contributed by atoms with E-state index in [2.05, 4.69) is 17.1 Å². The van der Waals surface area contributed by atoms with Crippen LogP contribution in [-0.2, 0) is 0 Å². The molecule has 0 aromatic carbocycles. The van der Waals surface area contributed by atoms with Gasteiger partial charge in [-0.15, -0.1) is 0 Å². The zero-order valence-electron chi connectivity index (χ0n) is 9.72. The maximum atomic E-state index is 12.5. The van der Waals surface area contributed by atoms with Gasteiger partial charge in [0.25, 0.3) is 0 Å². The molecule has 4 aliphatic rings. The van der Waals surface area contributed by atoms with Crippen LogP contribution in [0.4, 0.5) is 0 Å². The molecule has 2 atom stereocenters. The lowest BCUT2D eigenvalue weighted by Gasteiger charge is -2.36. The van der Waals surface area contributed by atoms with Gasteiger partial charge in [0.2, 0.25) is 5.78 Å². The number of allylic oxidation sites excluding steroid dienone is 4. The van der Waals surface area contributed by atoms with Crippen molar-refractivity contribution in [3.8, 4) is 0 Å². The topological polar surface area (TPSA) is 47.0 Å². The minimum Gasteiger partial charge on any atom is -0.289 e. The molecule has 2 unspecified atom stereocenters. The fraction of sp³-hybridized carbons (Fsp3) is 0.267. The second-order valence-electron chi connectivity index (χ2n) is 5.06. The minimum absolute atomic E-state index is 0.00625. The molecule has 5 rings (SSSR count). The number of fused-ring (bicyclic) bond motifs is 2. The van der Waals surface area contributed by atoms with Gasteiger partial charge in [-0.3, -0.25) is 14.6 Å². The van der Waals surface area contributed by atoms with Gasteiger partial charge in [-0.1, -0.05) is 12.2 Å². The Morgan fingerprint density at radius 2 is 1.67 bits per heavy atom. The smallest absolute Gasteiger partial charge is 0.209 e. The summed E-state index contributed by atoms with van der Waals surface area (Å²) in [5, 5.41) is 0. The number of hydrogen-bond donors (Lipinski definition) is 0. The number of ketones is 2. The zero-order valence-corrected chi connectivity index (χ0v) is 9.72. The molecule has 3 nitrogen and oxygen atoms in total. The molecule has 0 spiro atoms. The fourth-order valence-electron chi connectivity index (χ4n) is 3.32. The maximum Gasteiger partial charge on any atom is 0.209 e. The number of carbonyl (C=O) groups excluding carboxylic acids is 2. The summed E-state index contributed by atoms with van der Waals surface area (Å²) in [5.74, 6) is 0.220. The fourth-order valence-corrected chi connectivity index (χ4v) is 3.32. The molecule has 0 fully saturated rings. The Kier molecular flexibility index (Phi) is 1.80. The van der Waals surface area contributed by atoms with E-state index in [1.54, 1.807) is 18.3 Å². The summed E-state index contributed by atoms with van der Waals surface area (Å²) in [5.41, 5.74) is 2.26. The average molecular weight is 237 g/mol. The van der Waals surface area contributed by atoms with Gasteiger partial charge in [-0.2, -0.15) is 0 Å². The Labute approximate surface area is 104 Å². The first-order valence-electron chi connectivity index (χ1n) is 6.24. The lowest BCUT2D eigenvalue weighted by Crippen LogP contribution is -2.35. The van der Waals surface area contributed by atoms with Crippen LogP contribution < -0.4 is 0 Å². The monoisotopic (exact) mass is 237 g/mol. The number of Topliss-reactive ketones (excluding diaryl/α,β-unsaturated/α-hetero) is 2. The zero-order chi connectivity index (χ0) is 12.3. The summed E-state index contributed by atoms with van der Waals surface area (Å²) < 4.78 is 0. The summed E-state index contributed by atoms with van der Waals surface area (Å²) in [6, 6.07) is 3.42. The van der Waals surface area contributed by atoms with Crippen LogP contribution in [0.3, 0.4) is 0 Å². The van der Waals surface area contributed by atoms with Crippen LogP contribution in [0.5, 0.6) is 0 Å². The summed E-state index contributed by atoms with van der Waals surface area (Å²) in [6.45, 7) is 0. The van der Waals surface area contributed by atoms with E-state index >= 15 is 0 Å². The number of nitrogens with zero attached hydrogens (tertiary/aromatic N) is 1. The Balaban J connectivity index is 1.99. The van der Waals surface area contributed by atoms with Crippen molar-refractivity contribution < 1.29 is 9.59 Å². The lowest BCUT2D eigenvalue weighted by atomic mass is 9.65. The van der Waals surface area contributed by atoms with E-state index in [0.29, 0.717) is 16.8 Å². The SMILES string of the molecule is O=C1C2=C(C(=O)c3ncccc31)C1C=CC2CC1. The summed E-state index contributed by atoms with van der Waals surface area (Å²) >= 11 is 0. The molecule has 2 bridgehead atoms. The minimum atomic E-state index is -0.0424. The highest BCUT2D eigenvalue weighted by molar-refractivity contribution is 6.27. The number of pyridine rings is 1. The molecule has 0 saturated carbocycles. The van der Waals surface area contributed by atoms with Crippen molar-refractivity contribution >= 4 is 11.6 Å². The van der Waals surface area contributed by atoms with E-state index in [1.165, 1.54) is 0 Å². The van der Waals surface area contributed by atoms with Crippen LogP contribution in [0, 0.1) is 11.8 Å². The van der Waals surface area contributed by atoms with Gasteiger partial charge >= 0.3 is 0 Å². The summed E-state index contributed by atoms with van der Waals surface area (Å²) in [7, 11) is 0. The van der Waals surface area contributed by atoms with Gasteiger partial charge in [-0.25, -0.2) is 0 Å². The average Bonchev–Trinajstić information content (AvgIpc) is 2.45. The molecule has 18 heavy (non-hydrogen) atoms. The van der Waals surface area contributed by atoms with Gasteiger partial charge in [0, 0.05) is 29.2 Å². The van der Waals surface area contributed by atoms with Crippen molar-refractivity contribution in [2.75, 3.05) is 0 Å².